The van der Waals surface area contributed by atoms with E-state index in [4.69, 9.17) is 4.74 Å². The molecule has 0 bridgehead atoms. The normalized spacial score (nSPS) is 34.3. The zero-order valence-electron chi connectivity index (χ0n) is 6.40. The number of ether oxygens (including phenoxy) is 1. The Bertz CT molecular complexity index is 91.1. The molecule has 9 heavy (non-hydrogen) atoms. The summed E-state index contributed by atoms with van der Waals surface area (Å²) in [5.74, 6) is 0. The second-order valence-corrected chi connectivity index (χ2v) is 3.35. The number of nitrogens with one attached hydrogen (secondary N) is 1. The molecule has 1 heterocycles. The van der Waals surface area contributed by atoms with Gasteiger partial charge in [0.05, 0.1) is 12.2 Å². The van der Waals surface area contributed by atoms with Gasteiger partial charge in [-0.2, -0.15) is 0 Å². The van der Waals surface area contributed by atoms with Crippen LogP contribution in [-0.4, -0.2) is 24.8 Å². The molecular formula is C7H15NO. The average molecular weight is 129 g/mol. The largest absolute Gasteiger partial charge is 0.373 e. The predicted molar refractivity (Wildman–Crippen MR) is 37.5 cm³/mol. The monoisotopic (exact) mass is 129 g/mol. The van der Waals surface area contributed by atoms with Crippen LogP contribution < -0.4 is 5.32 Å². The molecule has 0 aromatic carbocycles. The molecule has 1 saturated heterocycles. The minimum atomic E-state index is 0.0481. The molecular weight excluding hydrogens is 114 g/mol. The van der Waals surface area contributed by atoms with Crippen molar-refractivity contribution in [3.05, 3.63) is 0 Å². The van der Waals surface area contributed by atoms with Gasteiger partial charge in [0.15, 0.2) is 0 Å². The number of morpholine rings is 1. The Morgan fingerprint density at radius 3 is 2.56 bits per heavy atom. The standard InChI is InChI=1S/C7H15NO/c1-6-4-9-7(2,3)5-8-6/h6,8H,4-5H2,1-3H3/t6-/m1/s1. The molecule has 2 heteroatoms. The van der Waals surface area contributed by atoms with Crippen molar-refractivity contribution in [3.63, 3.8) is 0 Å². The fourth-order valence-electron chi connectivity index (χ4n) is 0.881. The van der Waals surface area contributed by atoms with Crippen LogP contribution in [0.2, 0.25) is 0 Å². The van der Waals surface area contributed by atoms with Crippen molar-refractivity contribution in [1.29, 1.82) is 0 Å². The van der Waals surface area contributed by atoms with E-state index >= 15 is 0 Å². The third kappa shape index (κ3) is 1.95. The summed E-state index contributed by atoms with van der Waals surface area (Å²) >= 11 is 0. The second kappa shape index (κ2) is 2.27. The highest BCUT2D eigenvalue weighted by molar-refractivity contribution is 4.79. The summed E-state index contributed by atoms with van der Waals surface area (Å²) in [6.45, 7) is 8.15. The van der Waals surface area contributed by atoms with Gasteiger partial charge in [0.2, 0.25) is 0 Å². The Hall–Kier alpha value is -0.0800. The van der Waals surface area contributed by atoms with Crippen molar-refractivity contribution in [2.75, 3.05) is 13.2 Å². The van der Waals surface area contributed by atoms with Gasteiger partial charge in [-0.15, -0.1) is 0 Å². The van der Waals surface area contributed by atoms with E-state index in [9.17, 15) is 0 Å². The molecule has 0 unspecified atom stereocenters. The molecule has 1 N–H and O–H groups in total. The van der Waals surface area contributed by atoms with Crippen molar-refractivity contribution in [1.82, 2.24) is 5.32 Å². The topological polar surface area (TPSA) is 21.3 Å². The van der Waals surface area contributed by atoms with E-state index in [1.165, 1.54) is 0 Å². The Kier molecular flexibility index (Phi) is 1.78. The van der Waals surface area contributed by atoms with E-state index in [0.717, 1.165) is 13.2 Å². The molecule has 0 aliphatic carbocycles. The lowest BCUT2D eigenvalue weighted by Gasteiger charge is -2.34. The lowest BCUT2D eigenvalue weighted by molar-refractivity contribution is -0.0549. The molecule has 2 nitrogen and oxygen atoms in total. The molecule has 1 atom stereocenters. The molecule has 54 valence electrons. The maximum absolute atomic E-state index is 5.52. The average Bonchev–Trinajstić information content (AvgIpc) is 1.78. The van der Waals surface area contributed by atoms with E-state index in [1.54, 1.807) is 0 Å². The summed E-state index contributed by atoms with van der Waals surface area (Å²) in [5, 5.41) is 3.35. The van der Waals surface area contributed by atoms with Gasteiger partial charge in [-0.05, 0) is 20.8 Å². The van der Waals surface area contributed by atoms with Gasteiger partial charge in [-0.1, -0.05) is 0 Å². The molecule has 1 aliphatic rings. The van der Waals surface area contributed by atoms with Crippen LogP contribution in [0.25, 0.3) is 0 Å². The highest BCUT2D eigenvalue weighted by Crippen LogP contribution is 2.12. The smallest absolute Gasteiger partial charge is 0.0751 e. The van der Waals surface area contributed by atoms with Crippen LogP contribution in [0.15, 0.2) is 0 Å². The number of hydrogen-bond acceptors (Lipinski definition) is 2. The summed E-state index contributed by atoms with van der Waals surface area (Å²) in [6, 6.07) is 0.526. The van der Waals surface area contributed by atoms with Gasteiger partial charge >= 0.3 is 0 Å². The molecule has 0 saturated carbocycles. The Balaban J connectivity index is 2.35. The van der Waals surface area contributed by atoms with E-state index < -0.39 is 0 Å². The van der Waals surface area contributed by atoms with Crippen LogP contribution in [0.3, 0.4) is 0 Å². The quantitative estimate of drug-likeness (QED) is 0.521. The third-order valence-corrected chi connectivity index (χ3v) is 1.60. The maximum atomic E-state index is 5.52. The molecule has 0 amide bonds. The lowest BCUT2D eigenvalue weighted by Crippen LogP contribution is -2.50. The third-order valence-electron chi connectivity index (χ3n) is 1.60. The first kappa shape index (κ1) is 7.03. The molecule has 1 aliphatic heterocycles. The molecule has 0 aromatic rings. The van der Waals surface area contributed by atoms with Crippen LogP contribution in [0.4, 0.5) is 0 Å². The zero-order valence-corrected chi connectivity index (χ0v) is 6.40. The molecule has 0 spiro atoms. The van der Waals surface area contributed by atoms with Crippen LogP contribution in [-0.2, 0) is 4.74 Å². The van der Waals surface area contributed by atoms with E-state index in [2.05, 4.69) is 26.1 Å². The summed E-state index contributed by atoms with van der Waals surface area (Å²) < 4.78 is 5.52. The SMILES string of the molecule is C[C@@H]1COC(C)(C)CN1. The van der Waals surface area contributed by atoms with E-state index in [0.29, 0.717) is 6.04 Å². The van der Waals surface area contributed by atoms with Crippen molar-refractivity contribution in [3.8, 4) is 0 Å². The van der Waals surface area contributed by atoms with Gasteiger partial charge in [0.1, 0.15) is 0 Å². The maximum Gasteiger partial charge on any atom is 0.0751 e. The Morgan fingerprint density at radius 1 is 1.56 bits per heavy atom. The molecule has 1 fully saturated rings. The number of hydrogen-bond donors (Lipinski definition) is 1. The first-order valence-electron chi connectivity index (χ1n) is 3.47. The summed E-state index contributed by atoms with van der Waals surface area (Å²) in [7, 11) is 0. The molecule has 1 rings (SSSR count). The lowest BCUT2D eigenvalue weighted by atomic mass is 10.1. The first-order valence-corrected chi connectivity index (χ1v) is 3.47. The van der Waals surface area contributed by atoms with Crippen molar-refractivity contribution in [2.24, 2.45) is 0 Å². The summed E-state index contributed by atoms with van der Waals surface area (Å²) in [6.07, 6.45) is 0. The Labute approximate surface area is 56.6 Å². The molecule has 0 aromatic heterocycles. The van der Waals surface area contributed by atoms with Gasteiger partial charge < -0.3 is 10.1 Å². The minimum absolute atomic E-state index is 0.0481. The highest BCUT2D eigenvalue weighted by Gasteiger charge is 2.24. The highest BCUT2D eigenvalue weighted by atomic mass is 16.5. The van der Waals surface area contributed by atoms with Crippen LogP contribution in [0.1, 0.15) is 20.8 Å². The van der Waals surface area contributed by atoms with Crippen LogP contribution >= 0.6 is 0 Å². The summed E-state index contributed by atoms with van der Waals surface area (Å²) in [4.78, 5) is 0. The van der Waals surface area contributed by atoms with E-state index in [-0.39, 0.29) is 5.60 Å². The Morgan fingerprint density at radius 2 is 2.22 bits per heavy atom. The van der Waals surface area contributed by atoms with E-state index in [1.807, 2.05) is 0 Å². The fourth-order valence-corrected chi connectivity index (χ4v) is 0.881. The summed E-state index contributed by atoms with van der Waals surface area (Å²) in [5.41, 5.74) is 0.0481. The van der Waals surface area contributed by atoms with Gasteiger partial charge in [-0.3, -0.25) is 0 Å². The predicted octanol–water partition coefficient (Wildman–Crippen LogP) is 0.773. The van der Waals surface area contributed by atoms with Gasteiger partial charge in [0.25, 0.3) is 0 Å². The molecule has 0 radical (unpaired) electrons. The van der Waals surface area contributed by atoms with Gasteiger partial charge in [0, 0.05) is 12.6 Å². The van der Waals surface area contributed by atoms with Gasteiger partial charge in [-0.25, -0.2) is 0 Å². The van der Waals surface area contributed by atoms with Crippen LogP contribution in [0, 0.1) is 0 Å². The van der Waals surface area contributed by atoms with Crippen molar-refractivity contribution in [2.45, 2.75) is 32.4 Å². The second-order valence-electron chi connectivity index (χ2n) is 3.35. The van der Waals surface area contributed by atoms with Crippen molar-refractivity contribution >= 4 is 0 Å². The first-order chi connectivity index (χ1) is 4.10. The minimum Gasteiger partial charge on any atom is -0.373 e. The van der Waals surface area contributed by atoms with Crippen molar-refractivity contribution < 1.29 is 4.74 Å². The fraction of sp³-hybridized carbons (Fsp3) is 1.00. The van der Waals surface area contributed by atoms with Crippen LogP contribution in [0.5, 0.6) is 0 Å². The zero-order chi connectivity index (χ0) is 6.91. The number of rotatable bonds is 0.